The number of carboxylic acid groups (broad SMARTS) is 1. The molecule has 0 aliphatic carbocycles. The molecular weight excluding hydrogens is 316 g/mol. The maximum Gasteiger partial charge on any atom is 0.357 e. The number of hydrogen-bond acceptors (Lipinski definition) is 5. The highest BCUT2D eigenvalue weighted by Crippen LogP contribution is 2.16. The molecule has 0 aromatic carbocycles. The van der Waals surface area contributed by atoms with Crippen molar-refractivity contribution in [3.8, 4) is 0 Å². The normalized spacial score (nSPS) is 15.8. The Morgan fingerprint density at radius 1 is 1.30 bits per heavy atom. The van der Waals surface area contributed by atoms with Crippen LogP contribution in [0.4, 0.5) is 0 Å². The molecule has 0 radical (unpaired) electrons. The quantitative estimate of drug-likeness (QED) is 0.907. The molecule has 3 heterocycles. The summed E-state index contributed by atoms with van der Waals surface area (Å²) in [6.07, 6.45) is 1.48. The van der Waals surface area contributed by atoms with Crippen LogP contribution in [0, 0.1) is 0 Å². The fraction of sp³-hybridized carbons (Fsp3) is 0.400. The van der Waals surface area contributed by atoms with Crippen molar-refractivity contribution in [2.45, 2.75) is 6.54 Å². The van der Waals surface area contributed by atoms with Crippen LogP contribution >= 0.6 is 11.3 Å². The van der Waals surface area contributed by atoms with Gasteiger partial charge in [0.05, 0.1) is 5.56 Å². The topological polar surface area (TPSA) is 78.7 Å². The Bertz CT molecular complexity index is 702. The number of rotatable bonds is 4. The van der Waals surface area contributed by atoms with Crippen molar-refractivity contribution < 1.29 is 14.7 Å². The SMILES string of the molecule is Cn1cc(C(=O)N2CCN(Cc3cccs3)CC2)c(C(=O)O)n1. The molecule has 1 amide bonds. The molecule has 3 rings (SSSR count). The first-order valence-electron chi connectivity index (χ1n) is 7.35. The maximum atomic E-state index is 12.6. The molecule has 2 aromatic heterocycles. The van der Waals surface area contributed by atoms with E-state index in [0.29, 0.717) is 13.1 Å². The van der Waals surface area contributed by atoms with Gasteiger partial charge in [-0.25, -0.2) is 4.79 Å². The summed E-state index contributed by atoms with van der Waals surface area (Å²) in [5, 5.41) is 15.1. The molecule has 1 fully saturated rings. The Morgan fingerprint density at radius 2 is 2.04 bits per heavy atom. The summed E-state index contributed by atoms with van der Waals surface area (Å²) in [7, 11) is 1.61. The molecule has 0 unspecified atom stereocenters. The Kier molecular flexibility index (Phi) is 4.44. The average Bonchev–Trinajstić information content (AvgIpc) is 3.17. The summed E-state index contributed by atoms with van der Waals surface area (Å²) in [4.78, 5) is 29.1. The zero-order chi connectivity index (χ0) is 16.4. The van der Waals surface area contributed by atoms with Gasteiger partial charge in [0.2, 0.25) is 0 Å². The van der Waals surface area contributed by atoms with Crippen LogP contribution in [0.15, 0.2) is 23.7 Å². The standard InChI is InChI=1S/C15H18N4O3S/c1-17-10-12(13(16-17)15(21)22)14(20)19-6-4-18(5-7-19)9-11-3-2-8-23-11/h2-3,8,10H,4-7,9H2,1H3,(H,21,22). The molecular formula is C15H18N4O3S. The molecule has 1 N–H and O–H groups in total. The molecule has 7 nitrogen and oxygen atoms in total. The number of carbonyl (C=O) groups is 2. The fourth-order valence-corrected chi connectivity index (χ4v) is 3.45. The number of aromatic nitrogens is 2. The number of piperazine rings is 1. The molecule has 1 aliphatic rings. The van der Waals surface area contributed by atoms with E-state index in [4.69, 9.17) is 5.11 Å². The van der Waals surface area contributed by atoms with Crippen LogP contribution in [0.5, 0.6) is 0 Å². The lowest BCUT2D eigenvalue weighted by molar-refractivity contribution is 0.0609. The van der Waals surface area contributed by atoms with Gasteiger partial charge in [0, 0.05) is 50.8 Å². The molecule has 0 saturated carbocycles. The number of amides is 1. The van der Waals surface area contributed by atoms with E-state index in [0.717, 1.165) is 19.6 Å². The van der Waals surface area contributed by atoms with E-state index in [9.17, 15) is 9.59 Å². The lowest BCUT2D eigenvalue weighted by Gasteiger charge is -2.34. The van der Waals surface area contributed by atoms with Gasteiger partial charge >= 0.3 is 5.97 Å². The fourth-order valence-electron chi connectivity index (χ4n) is 2.71. The Morgan fingerprint density at radius 3 is 2.65 bits per heavy atom. The molecule has 1 saturated heterocycles. The second kappa shape index (κ2) is 6.51. The van der Waals surface area contributed by atoms with Gasteiger partial charge in [0.1, 0.15) is 0 Å². The van der Waals surface area contributed by atoms with Gasteiger partial charge in [-0.15, -0.1) is 11.3 Å². The third-order valence-corrected chi connectivity index (χ3v) is 4.74. The summed E-state index contributed by atoms with van der Waals surface area (Å²) in [5.74, 6) is -1.43. The van der Waals surface area contributed by atoms with E-state index in [2.05, 4.69) is 21.4 Å². The van der Waals surface area contributed by atoms with Crippen LogP contribution < -0.4 is 0 Å². The second-order valence-electron chi connectivity index (χ2n) is 5.52. The zero-order valence-electron chi connectivity index (χ0n) is 12.8. The zero-order valence-corrected chi connectivity index (χ0v) is 13.6. The van der Waals surface area contributed by atoms with Crippen molar-refractivity contribution in [1.29, 1.82) is 0 Å². The van der Waals surface area contributed by atoms with Gasteiger partial charge in [0.25, 0.3) is 5.91 Å². The Labute approximate surface area is 137 Å². The maximum absolute atomic E-state index is 12.6. The summed E-state index contributed by atoms with van der Waals surface area (Å²) in [6.45, 7) is 3.65. The molecule has 0 spiro atoms. The lowest BCUT2D eigenvalue weighted by Crippen LogP contribution is -2.48. The summed E-state index contributed by atoms with van der Waals surface area (Å²) in [5.41, 5.74) is -0.0229. The predicted molar refractivity (Wildman–Crippen MR) is 85.7 cm³/mol. The number of carboxylic acids is 1. The molecule has 23 heavy (non-hydrogen) atoms. The van der Waals surface area contributed by atoms with Gasteiger partial charge in [-0.3, -0.25) is 14.4 Å². The van der Waals surface area contributed by atoms with Gasteiger partial charge in [0.15, 0.2) is 5.69 Å². The number of nitrogens with zero attached hydrogens (tertiary/aromatic N) is 4. The summed E-state index contributed by atoms with van der Waals surface area (Å²) >= 11 is 1.73. The van der Waals surface area contributed by atoms with Crippen molar-refractivity contribution >= 4 is 23.2 Å². The van der Waals surface area contributed by atoms with Gasteiger partial charge in [-0.2, -0.15) is 5.10 Å². The van der Waals surface area contributed by atoms with Crippen molar-refractivity contribution in [2.75, 3.05) is 26.2 Å². The third kappa shape index (κ3) is 3.43. The summed E-state index contributed by atoms with van der Waals surface area (Å²) in [6, 6.07) is 4.15. The molecule has 122 valence electrons. The van der Waals surface area contributed by atoms with Gasteiger partial charge in [-0.05, 0) is 11.4 Å². The number of thiophene rings is 1. The molecule has 1 aliphatic heterocycles. The molecule has 0 bridgehead atoms. The van der Waals surface area contributed by atoms with Crippen LogP contribution in [-0.2, 0) is 13.6 Å². The largest absolute Gasteiger partial charge is 0.476 e. The number of hydrogen-bond donors (Lipinski definition) is 1. The molecule has 2 aromatic rings. The van der Waals surface area contributed by atoms with E-state index in [1.54, 1.807) is 23.3 Å². The van der Waals surface area contributed by atoms with Crippen molar-refractivity contribution in [3.05, 3.63) is 39.8 Å². The monoisotopic (exact) mass is 334 g/mol. The van der Waals surface area contributed by atoms with Gasteiger partial charge in [-0.1, -0.05) is 6.07 Å². The molecule has 0 atom stereocenters. The van der Waals surface area contributed by atoms with Crippen molar-refractivity contribution in [3.63, 3.8) is 0 Å². The highest BCUT2D eigenvalue weighted by atomic mass is 32.1. The van der Waals surface area contributed by atoms with E-state index in [-0.39, 0.29) is 17.2 Å². The molecule has 8 heteroatoms. The number of aromatic carboxylic acids is 1. The minimum absolute atomic E-state index is 0.159. The van der Waals surface area contributed by atoms with Gasteiger partial charge < -0.3 is 10.0 Å². The van der Waals surface area contributed by atoms with Crippen LogP contribution in [-0.4, -0.2) is 62.7 Å². The predicted octanol–water partition coefficient (Wildman–Crippen LogP) is 1.14. The minimum Gasteiger partial charge on any atom is -0.476 e. The van der Waals surface area contributed by atoms with E-state index in [1.165, 1.54) is 15.8 Å². The second-order valence-corrected chi connectivity index (χ2v) is 6.55. The Hall–Kier alpha value is -2.19. The van der Waals surface area contributed by atoms with Crippen LogP contribution in [0.1, 0.15) is 25.7 Å². The van der Waals surface area contributed by atoms with E-state index < -0.39 is 5.97 Å². The highest BCUT2D eigenvalue weighted by molar-refractivity contribution is 7.09. The summed E-state index contributed by atoms with van der Waals surface area (Å²) < 4.78 is 1.36. The number of carbonyl (C=O) groups excluding carboxylic acids is 1. The Balaban J connectivity index is 1.63. The smallest absolute Gasteiger partial charge is 0.357 e. The highest BCUT2D eigenvalue weighted by Gasteiger charge is 2.27. The van der Waals surface area contributed by atoms with Crippen LogP contribution in [0.25, 0.3) is 0 Å². The van der Waals surface area contributed by atoms with Crippen LogP contribution in [0.2, 0.25) is 0 Å². The number of aryl methyl sites for hydroxylation is 1. The average molecular weight is 334 g/mol. The third-order valence-electron chi connectivity index (χ3n) is 3.88. The van der Waals surface area contributed by atoms with Crippen molar-refractivity contribution in [2.24, 2.45) is 7.05 Å². The van der Waals surface area contributed by atoms with E-state index in [1.807, 2.05) is 6.07 Å². The van der Waals surface area contributed by atoms with E-state index >= 15 is 0 Å². The first-order valence-corrected chi connectivity index (χ1v) is 8.23. The lowest BCUT2D eigenvalue weighted by atomic mass is 10.2. The van der Waals surface area contributed by atoms with Crippen LogP contribution in [0.3, 0.4) is 0 Å². The minimum atomic E-state index is -1.18. The first kappa shape index (κ1) is 15.7. The van der Waals surface area contributed by atoms with Crippen molar-refractivity contribution in [1.82, 2.24) is 19.6 Å². The first-order chi connectivity index (χ1) is 11.0.